The van der Waals surface area contributed by atoms with Crippen LogP contribution in [0, 0.1) is 0 Å². The molecule has 0 unspecified atom stereocenters. The highest BCUT2D eigenvalue weighted by molar-refractivity contribution is 7.25. The fourth-order valence-corrected chi connectivity index (χ4v) is 20.5. The van der Waals surface area contributed by atoms with Gasteiger partial charge in [0, 0.05) is 87.5 Å². The number of anilines is 2. The Morgan fingerprint density at radius 1 is 0.230 bits per heavy atom. The minimum absolute atomic E-state index is 0.0686. The first-order valence-electron chi connectivity index (χ1n) is 46.5. The lowest BCUT2D eigenvalue weighted by Gasteiger charge is -2.22. The first kappa shape index (κ1) is 85.2. The number of aromatic nitrogens is 4. The van der Waals surface area contributed by atoms with Crippen LogP contribution in [0.25, 0.3) is 142 Å². The van der Waals surface area contributed by atoms with Gasteiger partial charge >= 0.3 is 0 Å². The molecule has 0 radical (unpaired) electrons. The van der Waals surface area contributed by atoms with Crippen LogP contribution in [0.5, 0.6) is 0 Å². The maximum absolute atomic E-state index is 4.43. The van der Waals surface area contributed by atoms with E-state index in [1.807, 2.05) is 66.2 Å². The lowest BCUT2D eigenvalue weighted by molar-refractivity contribution is 0.659. The zero-order valence-corrected chi connectivity index (χ0v) is 76.3. The molecule has 5 nitrogen and oxygen atoms in total. The molecule has 0 atom stereocenters. The van der Waals surface area contributed by atoms with Gasteiger partial charge in [-0.25, -0.2) is 9.97 Å². The number of rotatable bonds is 16. The fourth-order valence-electron chi connectivity index (χ4n) is 19.3. The average Bonchev–Trinajstić information content (AvgIpc) is 1.58. The number of para-hydroxylation sites is 4. The zero-order chi connectivity index (χ0) is 90.6. The van der Waals surface area contributed by atoms with Crippen LogP contribution in [0.1, 0.15) is 69.5 Å². The number of hydrogen-bond acceptors (Lipinski definition) is 4. The van der Waals surface area contributed by atoms with Crippen molar-refractivity contribution in [2.45, 2.75) is 44.9 Å². The molecule has 4 heterocycles. The molecular weight excluding hydrogens is 1650 g/mol. The van der Waals surface area contributed by atoms with Crippen molar-refractivity contribution in [3.8, 4) is 67.0 Å². The summed E-state index contributed by atoms with van der Waals surface area (Å²) >= 11 is 1.89. The third-order valence-corrected chi connectivity index (χ3v) is 27.1. The van der Waals surface area contributed by atoms with E-state index in [9.17, 15) is 0 Å². The summed E-state index contributed by atoms with van der Waals surface area (Å²) < 4.78 is 7.55. The molecule has 6 heteroatoms. The molecule has 0 bridgehead atoms. The molecule has 0 saturated carbocycles. The molecule has 0 fully saturated rings. The molecule has 0 amide bonds. The van der Waals surface area contributed by atoms with Crippen LogP contribution >= 0.6 is 11.3 Å². The Kier molecular flexibility index (Phi) is 24.7. The van der Waals surface area contributed by atoms with Crippen LogP contribution in [-0.2, 0) is 31.1 Å². The minimum Gasteiger partial charge on any atom is -0.324 e. The quantitative estimate of drug-likeness (QED) is 0.105. The van der Waals surface area contributed by atoms with Crippen molar-refractivity contribution >= 4 is 97.5 Å². The second-order valence-corrected chi connectivity index (χ2v) is 36.3. The molecule has 646 valence electrons. The van der Waals surface area contributed by atoms with E-state index in [0.29, 0.717) is 5.95 Å². The third kappa shape index (κ3) is 18.8. The highest BCUT2D eigenvalue weighted by Crippen LogP contribution is 2.49. The third-order valence-electron chi connectivity index (χ3n) is 26.0. The second kappa shape index (κ2) is 39.2. The van der Waals surface area contributed by atoms with Crippen molar-refractivity contribution in [2.24, 2.45) is 0 Å². The van der Waals surface area contributed by atoms with Gasteiger partial charge in [0.05, 0.1) is 22.1 Å². The summed E-state index contributed by atoms with van der Waals surface area (Å²) in [6, 6.07) is 178. The van der Waals surface area contributed by atoms with Crippen LogP contribution in [0.2, 0.25) is 0 Å². The van der Waals surface area contributed by atoms with Crippen molar-refractivity contribution in [1.29, 1.82) is 0 Å². The van der Waals surface area contributed by atoms with E-state index < -0.39 is 0 Å². The monoisotopic (exact) mass is 1750 g/mol. The molecule has 1 aliphatic carbocycles. The van der Waals surface area contributed by atoms with Crippen molar-refractivity contribution in [1.82, 2.24) is 19.1 Å². The maximum Gasteiger partial charge on any atom is 0.227 e. The van der Waals surface area contributed by atoms with Gasteiger partial charge in [-0.1, -0.05) is 438 Å². The largest absolute Gasteiger partial charge is 0.324 e. The first-order valence-corrected chi connectivity index (χ1v) is 47.4. The van der Waals surface area contributed by atoms with Gasteiger partial charge in [0.15, 0.2) is 0 Å². The van der Waals surface area contributed by atoms with Gasteiger partial charge in [-0.3, -0.25) is 0 Å². The minimum atomic E-state index is 0.0686. The van der Waals surface area contributed by atoms with Crippen molar-refractivity contribution in [3.63, 3.8) is 0 Å². The molecular formula is C129H99N5S. The topological polar surface area (TPSA) is 47.7 Å². The van der Waals surface area contributed by atoms with Gasteiger partial charge in [-0.15, -0.1) is 11.3 Å². The molecule has 1 N–H and O–H groups in total. The zero-order valence-electron chi connectivity index (χ0n) is 75.5. The van der Waals surface area contributed by atoms with Crippen LogP contribution in [0.3, 0.4) is 0 Å². The van der Waals surface area contributed by atoms with Crippen molar-refractivity contribution < 1.29 is 0 Å². The Morgan fingerprint density at radius 3 is 1.14 bits per heavy atom. The van der Waals surface area contributed by atoms with Crippen molar-refractivity contribution in [2.75, 3.05) is 5.32 Å². The van der Waals surface area contributed by atoms with E-state index in [4.69, 9.17) is 0 Å². The number of hydrogen-bond donors (Lipinski definition) is 1. The lowest BCUT2D eigenvalue weighted by Crippen LogP contribution is -2.15. The molecule has 4 aromatic heterocycles. The smallest absolute Gasteiger partial charge is 0.227 e. The lowest BCUT2D eigenvalue weighted by atomic mass is 9.81. The number of nitrogens with zero attached hydrogens (tertiary/aromatic N) is 4. The molecule has 20 aromatic carbocycles. The summed E-state index contributed by atoms with van der Waals surface area (Å²) in [6.45, 7) is 4.69. The first-order chi connectivity index (χ1) is 66.7. The van der Waals surface area contributed by atoms with Gasteiger partial charge in [-0.2, -0.15) is 0 Å². The molecule has 0 spiro atoms. The van der Waals surface area contributed by atoms with E-state index >= 15 is 0 Å². The Labute approximate surface area is 793 Å². The van der Waals surface area contributed by atoms with E-state index in [0.717, 1.165) is 47.9 Å². The molecule has 0 aliphatic heterocycles. The summed E-state index contributed by atoms with van der Waals surface area (Å²) in [5, 5.41) is 13.6. The second-order valence-electron chi connectivity index (χ2n) is 35.3. The van der Waals surface area contributed by atoms with Gasteiger partial charge in [0.1, 0.15) is 0 Å². The SMILES string of the molecule is CC1(C)c2ccccc2-c2ccc(Cc3ccc(-c4ccccc4)cc3)cc21.c1ccc(-c2cnc(Nc3cccc4ccccc34)nc2)cc1.c1ccc(-n2c3ccccc3c3ccc(Cc4ccc5c6ccccc6n(-c6ccccc6)c5c4)cc32)cc1.c1ccc(Cc2cc(-c3ccccc3)cc(-c3ccccc3)c2)cc1.c1ccc(Cc2ccc3c(c2)sc2ccccc23)cc1. The number of fused-ring (bicyclic) bond motifs is 13. The average molecular weight is 1750 g/mol. The standard InChI is InChI=1S/C37H26N2.C28H24.C25H20.C20H15N3.C19H14S/c1-3-11-28(12-4-1)38-34-17-9-7-15-30(34)32-21-19-26(24-36(32)38)23-27-20-22-33-31-16-8-10-18-35(31)39(37(33)25-27)29-13-5-2-6-14-29;1-28(2)26-11-7-6-10-24(26)25-17-14-21(19-27(25)28)18-20-12-15-23(16-13-20)22-8-4-3-5-9-22;1-4-10-20(11-5-1)16-21-17-24(22-12-6-2-7-13-22)19-25(18-21)23-14-8-3-9-15-23;1-2-7-15(8-3-1)17-13-21-20(22-14-17)23-19-12-6-10-16-9-4-5-11-18(16)19;1-2-6-14(7-3-1)12-15-10-11-17-16-8-4-5-9-18(16)20-19(17)13-15/h1-22,24-25H,23H2;3-17,19H,18H2,1-2H3;1-15,17-19H,16H2;1-14H,(H,21,22,23);1-11,13H,12H2. The molecule has 0 saturated heterocycles. The number of nitrogens with one attached hydrogen (secondary N) is 1. The molecule has 135 heavy (non-hydrogen) atoms. The Hall–Kier alpha value is -16.6. The van der Waals surface area contributed by atoms with Gasteiger partial charge in [-0.05, 0) is 210 Å². The van der Waals surface area contributed by atoms with Gasteiger partial charge in [0.2, 0.25) is 5.95 Å². The molecule has 1 aliphatic rings. The maximum atomic E-state index is 4.43. The highest BCUT2D eigenvalue weighted by Gasteiger charge is 2.35. The van der Waals surface area contributed by atoms with Crippen LogP contribution in [-0.4, -0.2) is 19.1 Å². The van der Waals surface area contributed by atoms with Gasteiger partial charge in [0.25, 0.3) is 0 Å². The Bertz CT molecular complexity index is 8000. The van der Waals surface area contributed by atoms with Gasteiger partial charge < -0.3 is 14.5 Å². The normalized spacial score (nSPS) is 11.7. The summed E-state index contributed by atoms with van der Waals surface area (Å²) in [4.78, 5) is 8.87. The summed E-state index contributed by atoms with van der Waals surface area (Å²) in [6.07, 6.45) is 7.48. The van der Waals surface area contributed by atoms with Crippen LogP contribution < -0.4 is 5.32 Å². The van der Waals surface area contributed by atoms with E-state index in [1.165, 1.54) is 181 Å². The van der Waals surface area contributed by atoms with E-state index in [1.54, 1.807) is 0 Å². The molecule has 24 aromatic rings. The summed E-state index contributed by atoms with van der Waals surface area (Å²) in [5.74, 6) is 0.598. The summed E-state index contributed by atoms with van der Waals surface area (Å²) in [5.41, 5.74) is 34.6. The Balaban J connectivity index is 0.000000103. The van der Waals surface area contributed by atoms with Crippen LogP contribution in [0.15, 0.2) is 510 Å². The predicted octanol–water partition coefficient (Wildman–Crippen LogP) is 34.0. The molecule has 25 rings (SSSR count). The fraction of sp³-hybridized carbons (Fsp3) is 0.0543. The van der Waals surface area contributed by atoms with Crippen molar-refractivity contribution in [3.05, 3.63) is 565 Å². The van der Waals surface area contributed by atoms with E-state index in [-0.39, 0.29) is 5.41 Å². The summed E-state index contributed by atoms with van der Waals surface area (Å²) in [7, 11) is 0. The predicted molar refractivity (Wildman–Crippen MR) is 573 cm³/mol. The van der Waals surface area contributed by atoms with E-state index in [2.05, 4.69) is 493 Å². The highest BCUT2D eigenvalue weighted by atomic mass is 32.1. The number of benzene rings is 20. The van der Waals surface area contributed by atoms with Crippen LogP contribution in [0.4, 0.5) is 11.6 Å². The number of thiophene rings is 1. The Morgan fingerprint density at radius 2 is 0.593 bits per heavy atom.